The highest BCUT2D eigenvalue weighted by Crippen LogP contribution is 2.81. The van der Waals surface area contributed by atoms with Crippen molar-refractivity contribution < 1.29 is 29.6 Å². The van der Waals surface area contributed by atoms with Crippen LogP contribution in [0.25, 0.3) is 0 Å². The van der Waals surface area contributed by atoms with E-state index in [2.05, 4.69) is 13.8 Å². The Labute approximate surface area is 152 Å². The Morgan fingerprint density at radius 1 is 1.15 bits per heavy atom. The molecule has 6 heteroatoms. The summed E-state index contributed by atoms with van der Waals surface area (Å²) in [6.45, 7) is 6.09. The highest BCUT2D eigenvalue weighted by atomic mass is 16.8. The lowest BCUT2D eigenvalue weighted by Crippen LogP contribution is -2.91. The minimum absolute atomic E-state index is 0.0388. The minimum atomic E-state index is -1.91. The van der Waals surface area contributed by atoms with Crippen molar-refractivity contribution in [3.8, 4) is 0 Å². The van der Waals surface area contributed by atoms with E-state index < -0.39 is 41.2 Å². The van der Waals surface area contributed by atoms with E-state index in [1.807, 2.05) is 6.92 Å². The van der Waals surface area contributed by atoms with Crippen molar-refractivity contribution in [1.29, 1.82) is 0 Å². The van der Waals surface area contributed by atoms with E-state index in [4.69, 9.17) is 9.47 Å². The van der Waals surface area contributed by atoms with Gasteiger partial charge in [-0.05, 0) is 42.9 Å². The van der Waals surface area contributed by atoms with Gasteiger partial charge in [0, 0.05) is 11.8 Å². The summed E-state index contributed by atoms with van der Waals surface area (Å²) in [5.41, 5.74) is -2.35. The lowest BCUT2D eigenvalue weighted by Gasteiger charge is -2.79. The summed E-state index contributed by atoms with van der Waals surface area (Å²) >= 11 is 0. The van der Waals surface area contributed by atoms with Crippen molar-refractivity contribution in [2.45, 2.75) is 76.8 Å². The number of hydrogen-bond acceptors (Lipinski definition) is 6. The van der Waals surface area contributed by atoms with Crippen LogP contribution < -0.4 is 0 Å². The van der Waals surface area contributed by atoms with Crippen LogP contribution in [0.3, 0.4) is 0 Å². The largest absolute Gasteiger partial charge is 0.392 e. The van der Waals surface area contributed by atoms with Crippen LogP contribution in [0.1, 0.15) is 46.5 Å². The van der Waals surface area contributed by atoms with Crippen molar-refractivity contribution in [2.75, 3.05) is 0 Å². The van der Waals surface area contributed by atoms with Crippen LogP contribution in [0.15, 0.2) is 0 Å². The summed E-state index contributed by atoms with van der Waals surface area (Å²) < 4.78 is 12.4. The quantitative estimate of drug-likeness (QED) is 0.589. The fourth-order valence-corrected chi connectivity index (χ4v) is 8.75. The lowest BCUT2D eigenvalue weighted by molar-refractivity contribution is -0.557. The van der Waals surface area contributed by atoms with Gasteiger partial charge in [-0.2, -0.15) is 0 Å². The Bertz CT molecular complexity index is 721. The molecular formula is C20H28O6. The molecule has 0 aromatic carbocycles. The first-order valence-electron chi connectivity index (χ1n) is 10.1. The van der Waals surface area contributed by atoms with E-state index in [-0.39, 0.29) is 34.9 Å². The van der Waals surface area contributed by atoms with Crippen molar-refractivity contribution in [2.24, 2.45) is 39.9 Å². The number of ketones is 1. The third kappa shape index (κ3) is 1.22. The number of aliphatic hydroxyl groups excluding tert-OH is 2. The summed E-state index contributed by atoms with van der Waals surface area (Å²) in [6.07, 6.45) is -0.0608. The Kier molecular flexibility index (Phi) is 2.67. The van der Waals surface area contributed by atoms with E-state index in [1.54, 1.807) is 0 Å². The molecule has 0 aromatic heterocycles. The average Bonchev–Trinajstić information content (AvgIpc) is 2.71. The number of hydrogen-bond donors (Lipinski definition) is 3. The van der Waals surface area contributed by atoms with Crippen molar-refractivity contribution in [1.82, 2.24) is 0 Å². The van der Waals surface area contributed by atoms with Gasteiger partial charge in [-0.3, -0.25) is 4.79 Å². The molecule has 0 amide bonds. The topological polar surface area (TPSA) is 96.2 Å². The number of aliphatic hydroxyl groups is 3. The van der Waals surface area contributed by atoms with Gasteiger partial charge in [0.2, 0.25) is 5.79 Å². The first kappa shape index (κ1) is 16.4. The molecule has 11 atom stereocenters. The molecule has 4 aliphatic carbocycles. The number of carbonyl (C=O) groups is 1. The predicted octanol–water partition coefficient (Wildman–Crippen LogP) is 0.819. The van der Waals surface area contributed by atoms with E-state index in [1.165, 1.54) is 0 Å². The molecule has 4 saturated carbocycles. The molecule has 2 spiro atoms. The van der Waals surface area contributed by atoms with Gasteiger partial charge in [-0.1, -0.05) is 20.8 Å². The summed E-state index contributed by atoms with van der Waals surface area (Å²) in [4.78, 5) is 13.5. The molecule has 8 fully saturated rings. The van der Waals surface area contributed by atoms with Gasteiger partial charge in [0.15, 0.2) is 12.1 Å². The third-order valence-electron chi connectivity index (χ3n) is 9.54. The maximum absolute atomic E-state index is 13.5. The van der Waals surface area contributed by atoms with Gasteiger partial charge in [0.05, 0.1) is 17.6 Å². The minimum Gasteiger partial charge on any atom is -0.392 e. The molecular weight excluding hydrogens is 336 g/mol. The second kappa shape index (κ2) is 4.23. The Hall–Kier alpha value is -0.530. The Balaban J connectivity index is 1.68. The van der Waals surface area contributed by atoms with Crippen LogP contribution in [0, 0.1) is 39.9 Å². The number of rotatable bonds is 0. The molecule has 0 radical (unpaired) electrons. The molecule has 144 valence electrons. The fourth-order valence-electron chi connectivity index (χ4n) is 8.75. The summed E-state index contributed by atoms with van der Waals surface area (Å²) in [5.74, 6) is -2.67. The lowest BCUT2D eigenvalue weighted by atomic mass is 9.34. The van der Waals surface area contributed by atoms with Gasteiger partial charge in [-0.15, -0.1) is 0 Å². The van der Waals surface area contributed by atoms with E-state index in [0.717, 1.165) is 19.3 Å². The molecule has 6 nitrogen and oxygen atoms in total. The smallest absolute Gasteiger partial charge is 0.210 e. The van der Waals surface area contributed by atoms with Crippen molar-refractivity contribution in [3.05, 3.63) is 0 Å². The normalized spacial score (nSPS) is 66.8. The van der Waals surface area contributed by atoms with E-state index in [9.17, 15) is 20.1 Å². The molecule has 4 aliphatic heterocycles. The average molecular weight is 364 g/mol. The molecule has 4 saturated heterocycles. The van der Waals surface area contributed by atoms with Gasteiger partial charge in [0.25, 0.3) is 0 Å². The summed E-state index contributed by atoms with van der Waals surface area (Å²) in [5, 5.41) is 34.4. The summed E-state index contributed by atoms with van der Waals surface area (Å²) in [7, 11) is 0. The van der Waals surface area contributed by atoms with Gasteiger partial charge in [-0.25, -0.2) is 0 Å². The van der Waals surface area contributed by atoms with Crippen LogP contribution in [-0.2, 0) is 14.3 Å². The molecule has 0 aromatic rings. The molecule has 0 unspecified atom stereocenters. The SMILES string of the molecule is C[C@@H]1C(=O)[C@@]23[C@@H]4O[C@H]5O[C@]2(O)[C@@H](O)[C@@H]2C(C)(C)CC[C@H](O)[C@]52[C@@H]3CC[C@@H]14. The zero-order valence-electron chi connectivity index (χ0n) is 15.5. The second-order valence-corrected chi connectivity index (χ2v) is 10.5. The highest BCUT2D eigenvalue weighted by molar-refractivity contribution is 5.93. The standard InChI is InChI=1S/C20H28O6/c1-8-9-4-5-10-18-11(21)6-7-17(2,3)12(18)14(23)20(24)19(10,13(8)22)15(9)25-16(18)26-20/h8-12,14-16,21,23-24H,4-7H2,1-3H3/t8-,9-,10-,11-,12+,14-,15+,16-,18-,19-,20+/m0/s1. The number of carbonyl (C=O) groups excluding carboxylic acids is 1. The van der Waals surface area contributed by atoms with Gasteiger partial charge < -0.3 is 24.8 Å². The predicted molar refractivity (Wildman–Crippen MR) is 88.5 cm³/mol. The zero-order valence-corrected chi connectivity index (χ0v) is 15.5. The maximum Gasteiger partial charge on any atom is 0.210 e. The first-order chi connectivity index (χ1) is 12.1. The van der Waals surface area contributed by atoms with Crippen LogP contribution in [0.5, 0.6) is 0 Å². The van der Waals surface area contributed by atoms with Crippen LogP contribution in [0.4, 0.5) is 0 Å². The van der Waals surface area contributed by atoms with Crippen LogP contribution in [-0.4, -0.2) is 51.5 Å². The molecule has 8 aliphatic rings. The second-order valence-electron chi connectivity index (χ2n) is 10.5. The third-order valence-corrected chi connectivity index (χ3v) is 9.54. The monoisotopic (exact) mass is 364 g/mol. The molecule has 8 rings (SSSR count). The van der Waals surface area contributed by atoms with Crippen molar-refractivity contribution >= 4 is 5.78 Å². The Morgan fingerprint density at radius 3 is 2.62 bits per heavy atom. The van der Waals surface area contributed by atoms with E-state index in [0.29, 0.717) is 6.42 Å². The molecule has 3 N–H and O–H groups in total. The van der Waals surface area contributed by atoms with Crippen LogP contribution >= 0.6 is 0 Å². The van der Waals surface area contributed by atoms with Gasteiger partial charge in [0.1, 0.15) is 11.5 Å². The number of Topliss-reactive ketones (excluding diaryl/α,β-unsaturated/α-hetero) is 1. The Morgan fingerprint density at radius 2 is 1.88 bits per heavy atom. The zero-order chi connectivity index (χ0) is 18.4. The first-order valence-corrected chi connectivity index (χ1v) is 10.1. The van der Waals surface area contributed by atoms with E-state index >= 15 is 0 Å². The molecule has 26 heavy (non-hydrogen) atoms. The van der Waals surface area contributed by atoms with Crippen LogP contribution in [0.2, 0.25) is 0 Å². The van der Waals surface area contributed by atoms with Crippen molar-refractivity contribution in [3.63, 3.8) is 0 Å². The fraction of sp³-hybridized carbons (Fsp3) is 0.950. The molecule has 7 bridgehead atoms. The van der Waals surface area contributed by atoms with Gasteiger partial charge >= 0.3 is 0 Å². The molecule has 4 heterocycles. The maximum atomic E-state index is 13.5. The summed E-state index contributed by atoms with van der Waals surface area (Å²) in [6, 6.07) is 0. The highest BCUT2D eigenvalue weighted by Gasteiger charge is 2.92. The number of ether oxygens (including phenoxy) is 2.